The average molecular weight is 474 g/mol. The van der Waals surface area contributed by atoms with E-state index in [-0.39, 0.29) is 22.4 Å². The molecule has 28 heavy (non-hydrogen) atoms. The first-order chi connectivity index (χ1) is 13.3. The van der Waals surface area contributed by atoms with Gasteiger partial charge in [-0.25, -0.2) is 9.97 Å². The molecule has 4 rings (SSSR count). The first-order valence-electron chi connectivity index (χ1n) is 7.71. The van der Waals surface area contributed by atoms with E-state index in [1.807, 2.05) is 0 Å². The monoisotopic (exact) mass is 472 g/mol. The Morgan fingerprint density at radius 3 is 2.64 bits per heavy atom. The second-order valence-corrected chi connectivity index (χ2v) is 6.79. The summed E-state index contributed by atoms with van der Waals surface area (Å²) in [4.78, 5) is 8.64. The molecule has 0 fully saturated rings. The molecule has 0 aliphatic rings. The summed E-state index contributed by atoms with van der Waals surface area (Å²) in [6.45, 7) is 0. The van der Waals surface area contributed by atoms with Gasteiger partial charge < -0.3 is 9.47 Å². The van der Waals surface area contributed by atoms with Gasteiger partial charge in [0.05, 0.1) is 18.2 Å². The standard InChI is InChI=1S/C17H9BrClF3N4O2/c1-27-8-5-6-9(12(7-8)28-17(20,21)22)14-24-15-10-3-2-4-11(18)13(10)23-16(19)26(15)25-14/h2-7H,1H3. The van der Waals surface area contributed by atoms with Crippen molar-refractivity contribution in [2.24, 2.45) is 0 Å². The van der Waals surface area contributed by atoms with Crippen LogP contribution in [0.25, 0.3) is 27.9 Å². The Kier molecular flexibility index (Phi) is 4.54. The van der Waals surface area contributed by atoms with Crippen molar-refractivity contribution < 1.29 is 22.6 Å². The zero-order valence-corrected chi connectivity index (χ0v) is 16.3. The van der Waals surface area contributed by atoms with Crippen molar-refractivity contribution in [3.8, 4) is 22.9 Å². The van der Waals surface area contributed by atoms with Crippen molar-refractivity contribution in [3.05, 3.63) is 46.2 Å². The molecular weight excluding hydrogens is 465 g/mol. The molecule has 0 aliphatic heterocycles. The molecule has 6 nitrogen and oxygen atoms in total. The van der Waals surface area contributed by atoms with Crippen molar-refractivity contribution in [2.75, 3.05) is 7.11 Å². The summed E-state index contributed by atoms with van der Waals surface area (Å²) in [6, 6.07) is 9.31. The molecular formula is C17H9BrClF3N4O2. The third-order valence-corrected chi connectivity index (χ3v) is 4.75. The van der Waals surface area contributed by atoms with E-state index in [0.717, 1.165) is 6.07 Å². The van der Waals surface area contributed by atoms with Crippen molar-refractivity contribution in [3.63, 3.8) is 0 Å². The van der Waals surface area contributed by atoms with E-state index in [4.69, 9.17) is 16.3 Å². The van der Waals surface area contributed by atoms with E-state index in [9.17, 15) is 13.2 Å². The molecule has 0 bridgehead atoms. The Labute approximate surface area is 169 Å². The quantitative estimate of drug-likeness (QED) is 0.380. The zero-order chi connectivity index (χ0) is 20.1. The Morgan fingerprint density at radius 2 is 1.93 bits per heavy atom. The summed E-state index contributed by atoms with van der Waals surface area (Å²) in [6.07, 6.45) is -4.89. The van der Waals surface area contributed by atoms with Gasteiger partial charge in [-0.1, -0.05) is 6.07 Å². The number of ether oxygens (including phenoxy) is 2. The number of methoxy groups -OCH3 is 1. The summed E-state index contributed by atoms with van der Waals surface area (Å²) in [5.41, 5.74) is 0.932. The van der Waals surface area contributed by atoms with E-state index < -0.39 is 12.1 Å². The van der Waals surface area contributed by atoms with Gasteiger partial charge in [0.25, 0.3) is 0 Å². The third kappa shape index (κ3) is 3.33. The summed E-state index contributed by atoms with van der Waals surface area (Å²) in [5, 5.41) is 4.86. The number of nitrogens with zero attached hydrogens (tertiary/aromatic N) is 4. The molecule has 0 saturated carbocycles. The number of aromatic nitrogens is 4. The maximum Gasteiger partial charge on any atom is 0.573 e. The van der Waals surface area contributed by atoms with Gasteiger partial charge in [0, 0.05) is 15.9 Å². The van der Waals surface area contributed by atoms with Gasteiger partial charge in [0.15, 0.2) is 11.5 Å². The highest BCUT2D eigenvalue weighted by Crippen LogP contribution is 2.36. The van der Waals surface area contributed by atoms with Gasteiger partial charge >= 0.3 is 6.36 Å². The van der Waals surface area contributed by atoms with E-state index in [2.05, 4.69) is 35.7 Å². The van der Waals surface area contributed by atoms with Crippen LogP contribution >= 0.6 is 27.5 Å². The van der Waals surface area contributed by atoms with Crippen LogP contribution in [0.15, 0.2) is 40.9 Å². The van der Waals surface area contributed by atoms with Crippen LogP contribution in [0, 0.1) is 0 Å². The van der Waals surface area contributed by atoms with E-state index in [0.29, 0.717) is 21.0 Å². The number of hydrogen-bond acceptors (Lipinski definition) is 5. The molecule has 11 heteroatoms. The van der Waals surface area contributed by atoms with Gasteiger partial charge in [-0.2, -0.15) is 4.52 Å². The first-order valence-corrected chi connectivity index (χ1v) is 8.88. The molecule has 0 amide bonds. The molecule has 144 valence electrons. The third-order valence-electron chi connectivity index (χ3n) is 3.87. The van der Waals surface area contributed by atoms with Crippen LogP contribution in [-0.2, 0) is 0 Å². The molecule has 0 spiro atoms. The van der Waals surface area contributed by atoms with Crippen LogP contribution in [0.4, 0.5) is 13.2 Å². The summed E-state index contributed by atoms with van der Waals surface area (Å²) >= 11 is 9.59. The lowest BCUT2D eigenvalue weighted by atomic mass is 10.2. The molecule has 0 N–H and O–H groups in total. The number of hydrogen-bond donors (Lipinski definition) is 0. The molecule has 4 aromatic rings. The van der Waals surface area contributed by atoms with Gasteiger partial charge in [-0.05, 0) is 51.8 Å². The van der Waals surface area contributed by atoms with Gasteiger partial charge in [-0.3, -0.25) is 0 Å². The van der Waals surface area contributed by atoms with Crippen LogP contribution in [0.3, 0.4) is 0 Å². The molecule has 2 aromatic heterocycles. The van der Waals surface area contributed by atoms with Crippen LogP contribution in [-0.4, -0.2) is 33.1 Å². The second-order valence-electron chi connectivity index (χ2n) is 5.60. The van der Waals surface area contributed by atoms with Gasteiger partial charge in [-0.15, -0.1) is 18.3 Å². The highest BCUT2D eigenvalue weighted by Gasteiger charge is 2.33. The number of alkyl halides is 3. The normalized spacial score (nSPS) is 11.9. The van der Waals surface area contributed by atoms with Crippen molar-refractivity contribution >= 4 is 44.1 Å². The SMILES string of the molecule is COc1ccc(-c2nc3c4cccc(Br)c4nc(Cl)n3n2)c(OC(F)(F)F)c1. The van der Waals surface area contributed by atoms with Crippen LogP contribution < -0.4 is 9.47 Å². The molecule has 0 saturated heterocycles. The lowest BCUT2D eigenvalue weighted by molar-refractivity contribution is -0.274. The molecule has 0 radical (unpaired) electrons. The zero-order valence-electron chi connectivity index (χ0n) is 14.0. The molecule has 2 heterocycles. The van der Waals surface area contributed by atoms with Crippen LogP contribution in [0.1, 0.15) is 0 Å². The number of fused-ring (bicyclic) bond motifs is 3. The topological polar surface area (TPSA) is 61.5 Å². The summed E-state index contributed by atoms with van der Waals surface area (Å²) in [7, 11) is 1.34. The number of rotatable bonds is 3. The number of benzene rings is 2. The van der Waals surface area contributed by atoms with E-state index >= 15 is 0 Å². The molecule has 0 unspecified atom stereocenters. The Bertz CT molecular complexity index is 1210. The highest BCUT2D eigenvalue weighted by atomic mass is 79.9. The van der Waals surface area contributed by atoms with Crippen LogP contribution in [0.2, 0.25) is 5.28 Å². The van der Waals surface area contributed by atoms with Gasteiger partial charge in [0.1, 0.15) is 11.5 Å². The summed E-state index contributed by atoms with van der Waals surface area (Å²) in [5.74, 6) is -0.295. The predicted octanol–water partition coefficient (Wildman–Crippen LogP) is 5.27. The van der Waals surface area contributed by atoms with Crippen LogP contribution in [0.5, 0.6) is 11.5 Å². The smallest absolute Gasteiger partial charge is 0.497 e. The Hall–Kier alpha value is -2.59. The lowest BCUT2D eigenvalue weighted by Crippen LogP contribution is -2.17. The van der Waals surface area contributed by atoms with Gasteiger partial charge in [0.2, 0.25) is 5.28 Å². The number of para-hydroxylation sites is 1. The molecule has 0 atom stereocenters. The Balaban J connectivity index is 1.96. The minimum atomic E-state index is -4.89. The first kappa shape index (κ1) is 18.8. The fraction of sp³-hybridized carbons (Fsp3) is 0.118. The largest absolute Gasteiger partial charge is 0.573 e. The fourth-order valence-electron chi connectivity index (χ4n) is 2.70. The maximum atomic E-state index is 12.8. The molecule has 0 aliphatic carbocycles. The van der Waals surface area contributed by atoms with Crippen molar-refractivity contribution in [2.45, 2.75) is 6.36 Å². The fourth-order valence-corrected chi connectivity index (χ4v) is 3.36. The van der Waals surface area contributed by atoms with E-state index in [1.165, 1.54) is 23.8 Å². The Morgan fingerprint density at radius 1 is 1.14 bits per heavy atom. The average Bonchev–Trinajstić information content (AvgIpc) is 3.07. The predicted molar refractivity (Wildman–Crippen MR) is 99.7 cm³/mol. The summed E-state index contributed by atoms with van der Waals surface area (Å²) < 4.78 is 49.6. The lowest BCUT2D eigenvalue weighted by Gasteiger charge is -2.12. The highest BCUT2D eigenvalue weighted by molar-refractivity contribution is 9.10. The van der Waals surface area contributed by atoms with Crippen molar-refractivity contribution in [1.82, 2.24) is 19.6 Å². The minimum absolute atomic E-state index is 0.00178. The van der Waals surface area contributed by atoms with E-state index in [1.54, 1.807) is 18.2 Å². The maximum absolute atomic E-state index is 12.8. The number of halogens is 5. The molecule has 2 aromatic carbocycles. The second kappa shape index (κ2) is 6.78. The van der Waals surface area contributed by atoms with Crippen molar-refractivity contribution in [1.29, 1.82) is 0 Å². The minimum Gasteiger partial charge on any atom is -0.497 e.